The summed E-state index contributed by atoms with van der Waals surface area (Å²) in [6, 6.07) is 13.6. The largest absolute Gasteiger partial charge is 0.492 e. The highest BCUT2D eigenvalue weighted by atomic mass is 35.5. The predicted octanol–water partition coefficient (Wildman–Crippen LogP) is 4.25. The molecule has 2 fully saturated rings. The van der Waals surface area contributed by atoms with Crippen LogP contribution >= 0.6 is 11.6 Å². The van der Waals surface area contributed by atoms with Gasteiger partial charge in [-0.05, 0) is 67.6 Å². The molecular weight excluding hydrogens is 341 g/mol. The molecule has 2 saturated heterocycles. The van der Waals surface area contributed by atoms with Crippen LogP contribution in [0.2, 0.25) is 5.02 Å². The maximum Gasteiger partial charge on any atom is 0.123 e. The number of fused-ring (bicyclic) bond motifs is 2. The van der Waals surface area contributed by atoms with E-state index in [1.165, 1.54) is 12.1 Å². The second-order valence-electron chi connectivity index (χ2n) is 7.26. The second kappa shape index (κ2) is 6.27. The lowest BCUT2D eigenvalue weighted by atomic mass is 9.78. The van der Waals surface area contributed by atoms with E-state index in [4.69, 9.17) is 16.3 Å². The van der Waals surface area contributed by atoms with E-state index in [0.29, 0.717) is 17.2 Å². The Morgan fingerprint density at radius 1 is 1.12 bits per heavy atom. The Labute approximate surface area is 151 Å². The summed E-state index contributed by atoms with van der Waals surface area (Å²) >= 11 is 5.90. The van der Waals surface area contributed by atoms with E-state index in [2.05, 4.69) is 5.32 Å². The zero-order valence-electron chi connectivity index (χ0n) is 13.8. The highest BCUT2D eigenvalue weighted by molar-refractivity contribution is 6.30. The molecule has 0 aromatic heterocycles. The highest BCUT2D eigenvalue weighted by Gasteiger charge is 2.57. The molecule has 132 valence electrons. The lowest BCUT2D eigenvalue weighted by molar-refractivity contribution is 0.0729. The summed E-state index contributed by atoms with van der Waals surface area (Å²) in [4.78, 5) is 0. The topological polar surface area (TPSA) is 41.5 Å². The molecule has 4 rings (SSSR count). The van der Waals surface area contributed by atoms with Gasteiger partial charge >= 0.3 is 0 Å². The smallest absolute Gasteiger partial charge is 0.123 e. The monoisotopic (exact) mass is 361 g/mol. The van der Waals surface area contributed by atoms with Crippen LogP contribution in [-0.2, 0) is 0 Å². The molecule has 2 aromatic rings. The number of halogens is 2. The Morgan fingerprint density at radius 3 is 2.52 bits per heavy atom. The number of benzene rings is 2. The van der Waals surface area contributed by atoms with Crippen LogP contribution in [0.1, 0.15) is 37.4 Å². The molecule has 2 aliphatic heterocycles. The molecular formula is C20H21ClFNO2. The summed E-state index contributed by atoms with van der Waals surface area (Å²) in [5.41, 5.74) is 0.106. The normalized spacial score (nSPS) is 28.9. The van der Waals surface area contributed by atoms with Crippen molar-refractivity contribution >= 4 is 11.6 Å². The second-order valence-corrected chi connectivity index (χ2v) is 7.70. The van der Waals surface area contributed by atoms with Gasteiger partial charge in [0.05, 0.1) is 11.6 Å². The number of rotatable bonds is 5. The van der Waals surface area contributed by atoms with E-state index < -0.39 is 11.6 Å². The Balaban J connectivity index is 1.46. The van der Waals surface area contributed by atoms with Crippen molar-refractivity contribution in [3.8, 4) is 5.75 Å². The number of hydrogen-bond donors (Lipinski definition) is 2. The van der Waals surface area contributed by atoms with Crippen molar-refractivity contribution < 1.29 is 14.2 Å². The van der Waals surface area contributed by atoms with E-state index in [-0.39, 0.29) is 11.4 Å². The van der Waals surface area contributed by atoms with Crippen molar-refractivity contribution in [2.24, 2.45) is 0 Å². The first-order chi connectivity index (χ1) is 12.0. The first-order valence-corrected chi connectivity index (χ1v) is 8.99. The summed E-state index contributed by atoms with van der Waals surface area (Å²) in [6.45, 7) is 0.548. The molecule has 2 aromatic carbocycles. The number of aliphatic hydroxyl groups is 1. The number of hydrogen-bond acceptors (Lipinski definition) is 3. The molecule has 2 heterocycles. The van der Waals surface area contributed by atoms with E-state index in [9.17, 15) is 9.50 Å². The molecule has 0 spiro atoms. The predicted molar refractivity (Wildman–Crippen MR) is 95.4 cm³/mol. The Hall–Kier alpha value is -1.62. The summed E-state index contributed by atoms with van der Waals surface area (Å²) in [5, 5.41) is 15.2. The molecule has 0 aliphatic carbocycles. The average Bonchev–Trinajstić information content (AvgIpc) is 3.18. The van der Waals surface area contributed by atoms with Crippen LogP contribution in [0.3, 0.4) is 0 Å². The fraction of sp³-hybridized carbons (Fsp3) is 0.400. The molecule has 1 atom stereocenters. The number of nitrogens with one attached hydrogen (secondary N) is 1. The standard InChI is InChI=1S/C20H21ClFNO2/c21-15-4-6-17(7-5-15)25-13-19-8-10-20(23-19,11-9-19)18(24)14-2-1-3-16(22)12-14/h1-7,12,18,23-24H,8-11,13H2/t18-,19?,20?/m1/s1. The molecule has 5 heteroatoms. The van der Waals surface area contributed by atoms with Crippen LogP contribution in [0.15, 0.2) is 48.5 Å². The minimum absolute atomic E-state index is 0.131. The van der Waals surface area contributed by atoms with Crippen LogP contribution in [-0.4, -0.2) is 22.8 Å². The Kier molecular flexibility index (Phi) is 4.22. The maximum absolute atomic E-state index is 13.5. The highest BCUT2D eigenvalue weighted by Crippen LogP contribution is 2.50. The van der Waals surface area contributed by atoms with Crippen LogP contribution in [0.25, 0.3) is 0 Å². The van der Waals surface area contributed by atoms with Crippen molar-refractivity contribution in [1.29, 1.82) is 0 Å². The van der Waals surface area contributed by atoms with Gasteiger partial charge < -0.3 is 9.84 Å². The molecule has 0 unspecified atom stereocenters. The number of ether oxygens (including phenoxy) is 1. The van der Waals surface area contributed by atoms with Gasteiger partial charge in [-0.1, -0.05) is 23.7 Å². The van der Waals surface area contributed by atoms with Gasteiger partial charge in [0, 0.05) is 10.6 Å². The molecule has 0 radical (unpaired) electrons. The average molecular weight is 362 g/mol. The first kappa shape index (κ1) is 16.8. The van der Waals surface area contributed by atoms with Crippen LogP contribution in [0, 0.1) is 5.82 Å². The summed E-state index contributed by atoms with van der Waals surface area (Å²) < 4.78 is 19.5. The van der Waals surface area contributed by atoms with E-state index in [1.54, 1.807) is 12.1 Å². The summed E-state index contributed by atoms with van der Waals surface area (Å²) in [7, 11) is 0. The third-order valence-electron chi connectivity index (χ3n) is 5.63. The fourth-order valence-corrected chi connectivity index (χ4v) is 4.35. The van der Waals surface area contributed by atoms with Crippen molar-refractivity contribution in [3.05, 3.63) is 64.9 Å². The van der Waals surface area contributed by atoms with Gasteiger partial charge in [0.25, 0.3) is 0 Å². The van der Waals surface area contributed by atoms with Gasteiger partial charge in [-0.15, -0.1) is 0 Å². The van der Waals surface area contributed by atoms with Crippen LogP contribution in [0.5, 0.6) is 5.75 Å². The molecule has 25 heavy (non-hydrogen) atoms. The molecule has 0 saturated carbocycles. The minimum atomic E-state index is -0.719. The summed E-state index contributed by atoms with van der Waals surface area (Å²) in [5.74, 6) is 0.469. The third kappa shape index (κ3) is 3.14. The van der Waals surface area contributed by atoms with E-state index in [0.717, 1.165) is 31.4 Å². The van der Waals surface area contributed by atoms with Gasteiger partial charge in [0.15, 0.2) is 0 Å². The van der Waals surface area contributed by atoms with Crippen LogP contribution < -0.4 is 10.1 Å². The van der Waals surface area contributed by atoms with Crippen molar-refractivity contribution in [2.45, 2.75) is 42.9 Å². The lowest BCUT2D eigenvalue weighted by Gasteiger charge is -2.32. The first-order valence-electron chi connectivity index (χ1n) is 8.62. The van der Waals surface area contributed by atoms with Crippen molar-refractivity contribution in [1.82, 2.24) is 5.32 Å². The third-order valence-corrected chi connectivity index (χ3v) is 5.88. The van der Waals surface area contributed by atoms with Gasteiger partial charge in [0.1, 0.15) is 18.2 Å². The summed E-state index contributed by atoms with van der Waals surface area (Å²) in [6.07, 6.45) is 2.87. The van der Waals surface area contributed by atoms with E-state index in [1.807, 2.05) is 24.3 Å². The van der Waals surface area contributed by atoms with Gasteiger partial charge in [0.2, 0.25) is 0 Å². The lowest BCUT2D eigenvalue weighted by Crippen LogP contribution is -2.48. The minimum Gasteiger partial charge on any atom is -0.492 e. The zero-order valence-corrected chi connectivity index (χ0v) is 14.6. The quantitative estimate of drug-likeness (QED) is 0.836. The van der Waals surface area contributed by atoms with Crippen molar-refractivity contribution in [2.75, 3.05) is 6.61 Å². The molecule has 2 N–H and O–H groups in total. The van der Waals surface area contributed by atoms with Crippen LogP contribution in [0.4, 0.5) is 4.39 Å². The van der Waals surface area contributed by atoms with Gasteiger partial charge in [-0.2, -0.15) is 0 Å². The Morgan fingerprint density at radius 2 is 1.84 bits per heavy atom. The molecule has 3 nitrogen and oxygen atoms in total. The zero-order chi connectivity index (χ0) is 17.5. The van der Waals surface area contributed by atoms with Gasteiger partial charge in [-0.3, -0.25) is 5.32 Å². The van der Waals surface area contributed by atoms with Crippen molar-refractivity contribution in [3.63, 3.8) is 0 Å². The number of aliphatic hydroxyl groups excluding tert-OH is 1. The van der Waals surface area contributed by atoms with Gasteiger partial charge in [-0.25, -0.2) is 4.39 Å². The molecule has 0 amide bonds. The Bertz CT molecular complexity index is 757. The van der Waals surface area contributed by atoms with E-state index >= 15 is 0 Å². The molecule has 2 aliphatic rings. The maximum atomic E-state index is 13.5. The SMILES string of the molecule is O[C@H](c1cccc(F)c1)C12CCC(COc3ccc(Cl)cc3)(CC1)N2. The molecule has 2 bridgehead atoms. The fourth-order valence-electron chi connectivity index (χ4n) is 4.22.